The fraction of sp³-hybridized carbons (Fsp3) is 0.933. The lowest BCUT2D eigenvalue weighted by atomic mass is 9.94. The Labute approximate surface area is 123 Å². The molecule has 0 aromatic rings. The van der Waals surface area contributed by atoms with E-state index in [1.165, 1.54) is 0 Å². The minimum Gasteiger partial charge on any atom is -0.368 e. The van der Waals surface area contributed by atoms with Gasteiger partial charge in [-0.15, -0.1) is 0 Å². The Balaban J connectivity index is 2.29. The standard InChI is InChI=1S/C15H32N4O/c1-4-8-17-15(3,14(16)20)7-6-9-19-12-10-18(5-2)11-13-19/h17H,4-13H2,1-3H3,(H2,16,20). The summed E-state index contributed by atoms with van der Waals surface area (Å²) >= 11 is 0. The van der Waals surface area contributed by atoms with Crippen molar-refractivity contribution < 1.29 is 4.79 Å². The van der Waals surface area contributed by atoms with Gasteiger partial charge in [-0.2, -0.15) is 0 Å². The molecule has 1 unspecified atom stereocenters. The molecule has 1 rings (SSSR count). The highest BCUT2D eigenvalue weighted by molar-refractivity contribution is 5.84. The van der Waals surface area contributed by atoms with Gasteiger partial charge in [-0.3, -0.25) is 4.79 Å². The number of carbonyl (C=O) groups is 1. The number of primary amides is 1. The van der Waals surface area contributed by atoms with Crippen molar-refractivity contribution in [3.8, 4) is 0 Å². The molecule has 0 aliphatic carbocycles. The first-order valence-electron chi connectivity index (χ1n) is 8.01. The number of hydrogen-bond donors (Lipinski definition) is 2. The fourth-order valence-electron chi connectivity index (χ4n) is 2.68. The van der Waals surface area contributed by atoms with Crippen molar-refractivity contribution in [2.24, 2.45) is 5.73 Å². The Hall–Kier alpha value is -0.650. The first kappa shape index (κ1) is 17.4. The van der Waals surface area contributed by atoms with Gasteiger partial charge in [0.05, 0.1) is 5.54 Å². The summed E-state index contributed by atoms with van der Waals surface area (Å²) in [7, 11) is 0. The predicted molar refractivity (Wildman–Crippen MR) is 83.7 cm³/mol. The average molecular weight is 284 g/mol. The normalized spacial score (nSPS) is 20.8. The third-order valence-corrected chi connectivity index (χ3v) is 4.37. The molecule has 1 aliphatic heterocycles. The zero-order chi connectivity index (χ0) is 15.0. The van der Waals surface area contributed by atoms with Crippen LogP contribution in [0.5, 0.6) is 0 Å². The Morgan fingerprint density at radius 1 is 1.20 bits per heavy atom. The molecule has 0 radical (unpaired) electrons. The summed E-state index contributed by atoms with van der Waals surface area (Å²) in [6, 6.07) is 0. The summed E-state index contributed by atoms with van der Waals surface area (Å²) in [5.41, 5.74) is 4.99. The van der Waals surface area contributed by atoms with Gasteiger partial charge in [-0.05, 0) is 45.8 Å². The number of hydrogen-bond acceptors (Lipinski definition) is 4. The van der Waals surface area contributed by atoms with Crippen molar-refractivity contribution in [1.29, 1.82) is 0 Å². The lowest BCUT2D eigenvalue weighted by molar-refractivity contribution is -0.124. The van der Waals surface area contributed by atoms with Crippen molar-refractivity contribution in [2.75, 3.05) is 45.8 Å². The topological polar surface area (TPSA) is 61.6 Å². The van der Waals surface area contributed by atoms with E-state index in [-0.39, 0.29) is 5.91 Å². The SMILES string of the molecule is CCCNC(C)(CCCN1CCN(CC)CC1)C(N)=O. The van der Waals surface area contributed by atoms with E-state index < -0.39 is 5.54 Å². The molecule has 5 heteroatoms. The molecule has 0 bridgehead atoms. The van der Waals surface area contributed by atoms with Crippen molar-refractivity contribution >= 4 is 5.91 Å². The Morgan fingerprint density at radius 2 is 1.80 bits per heavy atom. The highest BCUT2D eigenvalue weighted by Crippen LogP contribution is 2.13. The number of amides is 1. The number of nitrogens with two attached hydrogens (primary N) is 1. The lowest BCUT2D eigenvalue weighted by Gasteiger charge is -2.35. The lowest BCUT2D eigenvalue weighted by Crippen LogP contribution is -2.53. The maximum Gasteiger partial charge on any atom is 0.237 e. The molecule has 3 N–H and O–H groups in total. The minimum absolute atomic E-state index is 0.234. The molecular formula is C15H32N4O. The monoisotopic (exact) mass is 284 g/mol. The third-order valence-electron chi connectivity index (χ3n) is 4.37. The maximum absolute atomic E-state index is 11.6. The summed E-state index contributed by atoms with van der Waals surface area (Å²) in [4.78, 5) is 16.6. The summed E-state index contributed by atoms with van der Waals surface area (Å²) in [6.45, 7) is 13.9. The molecule has 0 aromatic heterocycles. The molecule has 5 nitrogen and oxygen atoms in total. The van der Waals surface area contributed by atoms with E-state index in [4.69, 9.17) is 5.73 Å². The van der Waals surface area contributed by atoms with Gasteiger partial charge in [-0.25, -0.2) is 0 Å². The molecule has 1 heterocycles. The fourth-order valence-corrected chi connectivity index (χ4v) is 2.68. The number of likely N-dealkylation sites (N-methyl/N-ethyl adjacent to an activating group) is 1. The van der Waals surface area contributed by atoms with Crippen LogP contribution in [-0.4, -0.2) is 67.1 Å². The summed E-state index contributed by atoms with van der Waals surface area (Å²) in [5.74, 6) is -0.234. The minimum atomic E-state index is -0.554. The maximum atomic E-state index is 11.6. The smallest absolute Gasteiger partial charge is 0.237 e. The van der Waals surface area contributed by atoms with Gasteiger partial charge in [0.2, 0.25) is 5.91 Å². The Kier molecular flexibility index (Phi) is 7.48. The molecule has 0 aromatic carbocycles. The molecule has 0 saturated carbocycles. The second-order valence-corrected chi connectivity index (χ2v) is 6.00. The van der Waals surface area contributed by atoms with Crippen LogP contribution in [0.25, 0.3) is 0 Å². The van der Waals surface area contributed by atoms with Gasteiger partial charge in [0, 0.05) is 26.2 Å². The van der Waals surface area contributed by atoms with Crippen molar-refractivity contribution in [1.82, 2.24) is 15.1 Å². The van der Waals surface area contributed by atoms with Gasteiger partial charge in [0.1, 0.15) is 0 Å². The average Bonchev–Trinajstić information content (AvgIpc) is 2.45. The van der Waals surface area contributed by atoms with Gasteiger partial charge in [0.25, 0.3) is 0 Å². The van der Waals surface area contributed by atoms with E-state index >= 15 is 0 Å². The van der Waals surface area contributed by atoms with Gasteiger partial charge in [-0.1, -0.05) is 13.8 Å². The molecule has 1 aliphatic rings. The molecule has 0 spiro atoms. The van der Waals surface area contributed by atoms with E-state index in [1.54, 1.807) is 0 Å². The Bertz CT molecular complexity index is 290. The highest BCUT2D eigenvalue weighted by atomic mass is 16.1. The molecule has 20 heavy (non-hydrogen) atoms. The summed E-state index contributed by atoms with van der Waals surface area (Å²) < 4.78 is 0. The van der Waals surface area contributed by atoms with Crippen LogP contribution in [-0.2, 0) is 4.79 Å². The van der Waals surface area contributed by atoms with Crippen LogP contribution < -0.4 is 11.1 Å². The van der Waals surface area contributed by atoms with Crippen LogP contribution in [0, 0.1) is 0 Å². The second-order valence-electron chi connectivity index (χ2n) is 6.00. The summed E-state index contributed by atoms with van der Waals surface area (Å²) in [5, 5.41) is 3.30. The van der Waals surface area contributed by atoms with Crippen LogP contribution >= 0.6 is 0 Å². The molecule has 1 amide bonds. The van der Waals surface area contributed by atoms with Crippen LogP contribution in [0.15, 0.2) is 0 Å². The number of nitrogens with zero attached hydrogens (tertiary/aromatic N) is 2. The zero-order valence-corrected chi connectivity index (χ0v) is 13.5. The summed E-state index contributed by atoms with van der Waals surface area (Å²) in [6.07, 6.45) is 2.85. The van der Waals surface area contributed by atoms with Crippen LogP contribution in [0.4, 0.5) is 0 Å². The van der Waals surface area contributed by atoms with E-state index in [1.807, 2.05) is 6.92 Å². The van der Waals surface area contributed by atoms with Gasteiger partial charge >= 0.3 is 0 Å². The van der Waals surface area contributed by atoms with Gasteiger partial charge in [0.15, 0.2) is 0 Å². The molecular weight excluding hydrogens is 252 g/mol. The molecule has 118 valence electrons. The largest absolute Gasteiger partial charge is 0.368 e. The van der Waals surface area contributed by atoms with Crippen LogP contribution in [0.1, 0.15) is 40.0 Å². The number of rotatable bonds is 9. The third kappa shape index (κ3) is 5.38. The molecule has 1 atom stereocenters. The van der Waals surface area contributed by atoms with Crippen molar-refractivity contribution in [3.63, 3.8) is 0 Å². The molecule has 1 saturated heterocycles. The van der Waals surface area contributed by atoms with Crippen molar-refractivity contribution in [3.05, 3.63) is 0 Å². The number of piperazine rings is 1. The first-order chi connectivity index (χ1) is 9.51. The molecule has 1 fully saturated rings. The van der Waals surface area contributed by atoms with Gasteiger partial charge < -0.3 is 20.9 Å². The number of nitrogens with one attached hydrogen (secondary N) is 1. The second kappa shape index (κ2) is 8.60. The van der Waals surface area contributed by atoms with Crippen molar-refractivity contribution in [2.45, 2.75) is 45.6 Å². The predicted octanol–water partition coefficient (Wildman–Crippen LogP) is 0.648. The van der Waals surface area contributed by atoms with E-state index in [0.717, 1.165) is 65.1 Å². The first-order valence-corrected chi connectivity index (χ1v) is 8.01. The van der Waals surface area contributed by atoms with Crippen LogP contribution in [0.3, 0.4) is 0 Å². The van der Waals surface area contributed by atoms with E-state index in [9.17, 15) is 4.79 Å². The van der Waals surface area contributed by atoms with E-state index in [0.29, 0.717) is 0 Å². The number of carbonyl (C=O) groups excluding carboxylic acids is 1. The zero-order valence-electron chi connectivity index (χ0n) is 13.5. The van der Waals surface area contributed by atoms with Crippen LogP contribution in [0.2, 0.25) is 0 Å². The Morgan fingerprint density at radius 3 is 2.30 bits per heavy atom. The van der Waals surface area contributed by atoms with E-state index in [2.05, 4.69) is 29.0 Å². The highest BCUT2D eigenvalue weighted by Gasteiger charge is 2.29. The quantitative estimate of drug-likeness (QED) is 0.652.